The van der Waals surface area contributed by atoms with E-state index in [1.165, 1.54) is 148 Å². The molecule has 0 saturated carbocycles. The molecule has 3 rings (SSSR count). The molecule has 0 bridgehead atoms. The molecule has 2 aliphatic rings. The first-order valence-corrected chi connectivity index (χ1v) is 19.2. The maximum Gasteiger partial charge on any atom is 0.127 e. The molecule has 0 spiro atoms. The number of hydrogen-bond acceptors (Lipinski definition) is 4. The minimum atomic E-state index is 0. The Bertz CT molecular complexity index is 585. The Morgan fingerprint density at radius 1 is 0.450 bits per heavy atom. The molecule has 2 atom stereocenters. The third kappa shape index (κ3) is 22.2. The Labute approximate surface area is 287 Å². The third-order valence-corrected chi connectivity index (χ3v) is 11.9. The number of thioether (sulfide) groups is 4. The summed E-state index contributed by atoms with van der Waals surface area (Å²) in [5, 5.41) is 5.12. The summed E-state index contributed by atoms with van der Waals surface area (Å²) in [5.41, 5.74) is 3.05. The molecule has 2 unspecified atom stereocenters. The van der Waals surface area contributed by atoms with Crippen molar-refractivity contribution >= 4 is 47.0 Å². The monoisotopic (exact) mass is 714 g/mol. The molecule has 2 saturated heterocycles. The zero-order valence-electron chi connectivity index (χ0n) is 24.2. The van der Waals surface area contributed by atoms with Gasteiger partial charge in [-0.1, -0.05) is 24.3 Å². The summed E-state index contributed by atoms with van der Waals surface area (Å²) in [7, 11) is 0. The van der Waals surface area contributed by atoms with E-state index < -0.39 is 0 Å². The van der Waals surface area contributed by atoms with Gasteiger partial charge in [0.1, 0.15) is 39.3 Å². The van der Waals surface area contributed by atoms with Crippen LogP contribution in [-0.2, 0) is 13.1 Å². The average Bonchev–Trinajstić information content (AvgIpc) is 2.89. The molecule has 2 aliphatic heterocycles. The van der Waals surface area contributed by atoms with Gasteiger partial charge in [-0.25, -0.2) is 0 Å². The molecule has 1 aromatic carbocycles. The van der Waals surface area contributed by atoms with Crippen molar-refractivity contribution in [2.24, 2.45) is 0 Å². The second-order valence-electron chi connectivity index (χ2n) is 10.3. The smallest absolute Gasteiger partial charge is 0.127 e. The van der Waals surface area contributed by atoms with Crippen molar-refractivity contribution in [1.29, 1.82) is 0 Å². The summed E-state index contributed by atoms with van der Waals surface area (Å²) < 4.78 is 0. The molecule has 0 aromatic heterocycles. The van der Waals surface area contributed by atoms with E-state index >= 15 is 0 Å². The van der Waals surface area contributed by atoms with Crippen LogP contribution in [0.4, 0.5) is 0 Å². The number of halogens is 4. The Morgan fingerprint density at radius 3 is 1.18 bits per heavy atom. The van der Waals surface area contributed by atoms with Gasteiger partial charge in [-0.3, -0.25) is 0 Å². The fourth-order valence-corrected chi connectivity index (χ4v) is 9.15. The number of benzene rings is 1. The van der Waals surface area contributed by atoms with Gasteiger partial charge in [-0.05, 0) is 23.0 Å². The minimum absolute atomic E-state index is 0. The van der Waals surface area contributed by atoms with Gasteiger partial charge in [0.15, 0.2) is 0 Å². The minimum Gasteiger partial charge on any atom is -1.00 e. The van der Waals surface area contributed by atoms with E-state index in [0.717, 1.165) is 0 Å². The molecule has 0 amide bonds. The highest BCUT2D eigenvalue weighted by atomic mass is 35.5. The van der Waals surface area contributed by atoms with Crippen molar-refractivity contribution in [2.45, 2.75) is 38.8 Å². The summed E-state index contributed by atoms with van der Waals surface area (Å²) in [6, 6.07) is 9.75. The SMILES string of the molecule is [Cl-].[Cl-].[Cl-].[Cl-].c1cc(C[NH+]2CCCSCCSCCC[NH2+]CC2)ccc1C[NH+]1CCCSCCSCCC[NH2+]CC1. The lowest BCUT2D eigenvalue weighted by molar-refractivity contribution is -0.925. The van der Waals surface area contributed by atoms with E-state index in [1.54, 1.807) is 9.80 Å². The fraction of sp³-hybridized carbons (Fsp3) is 0.786. The van der Waals surface area contributed by atoms with Gasteiger partial charge < -0.3 is 70.1 Å². The van der Waals surface area contributed by atoms with Gasteiger partial charge in [0.2, 0.25) is 0 Å². The second kappa shape index (κ2) is 30.6. The summed E-state index contributed by atoms with van der Waals surface area (Å²) in [4.78, 5) is 3.55. The zero-order valence-corrected chi connectivity index (χ0v) is 30.5. The summed E-state index contributed by atoms with van der Waals surface area (Å²) in [5.74, 6) is 10.7. The van der Waals surface area contributed by atoms with Crippen LogP contribution in [0.3, 0.4) is 0 Å². The van der Waals surface area contributed by atoms with E-state index in [0.29, 0.717) is 0 Å². The number of hydrogen-bond donors (Lipinski definition) is 4. The number of nitrogens with two attached hydrogens (primary N) is 2. The summed E-state index contributed by atoms with van der Waals surface area (Å²) in [6.07, 6.45) is 5.44. The third-order valence-electron chi connectivity index (χ3n) is 7.11. The topological polar surface area (TPSA) is 42.1 Å². The average molecular weight is 717 g/mol. The lowest BCUT2D eigenvalue weighted by Gasteiger charge is -2.21. The predicted molar refractivity (Wildman–Crippen MR) is 166 cm³/mol. The Kier molecular flexibility index (Phi) is 33.5. The van der Waals surface area contributed by atoms with Crippen LogP contribution in [0.25, 0.3) is 0 Å². The Morgan fingerprint density at radius 2 is 0.800 bits per heavy atom. The predicted octanol–water partition coefficient (Wildman–Crippen LogP) is -11.9. The van der Waals surface area contributed by atoms with Gasteiger partial charge in [0.05, 0.1) is 26.2 Å². The van der Waals surface area contributed by atoms with E-state index in [2.05, 4.69) is 81.9 Å². The highest BCUT2D eigenvalue weighted by Crippen LogP contribution is 2.10. The molecular formula is C28H54Cl4N4S4. The van der Waals surface area contributed by atoms with Crippen LogP contribution in [0.5, 0.6) is 0 Å². The molecule has 0 aliphatic carbocycles. The Balaban J connectivity index is 0. The van der Waals surface area contributed by atoms with E-state index in [4.69, 9.17) is 0 Å². The number of nitrogens with one attached hydrogen (secondary N) is 2. The van der Waals surface area contributed by atoms with Crippen LogP contribution in [0, 0.1) is 0 Å². The van der Waals surface area contributed by atoms with Crippen molar-refractivity contribution in [1.82, 2.24) is 0 Å². The highest BCUT2D eigenvalue weighted by Gasteiger charge is 2.14. The van der Waals surface area contributed by atoms with Crippen molar-refractivity contribution in [3.63, 3.8) is 0 Å². The van der Waals surface area contributed by atoms with Crippen LogP contribution < -0.4 is 70.1 Å². The quantitative estimate of drug-likeness (QED) is 0.250. The van der Waals surface area contributed by atoms with Gasteiger partial charge in [-0.2, -0.15) is 47.0 Å². The molecule has 6 N–H and O–H groups in total. The van der Waals surface area contributed by atoms with Crippen molar-refractivity contribution in [3.05, 3.63) is 35.4 Å². The molecule has 2 fully saturated rings. The normalized spacial score (nSPS) is 23.3. The molecule has 2 heterocycles. The molecule has 1 aromatic rings. The van der Waals surface area contributed by atoms with Crippen molar-refractivity contribution < 1.29 is 70.1 Å². The fourth-order valence-electron chi connectivity index (χ4n) is 5.01. The van der Waals surface area contributed by atoms with Crippen LogP contribution in [-0.4, -0.2) is 98.4 Å². The summed E-state index contributed by atoms with van der Waals surface area (Å²) >= 11 is 8.63. The molecule has 12 heteroatoms. The van der Waals surface area contributed by atoms with E-state index in [-0.39, 0.29) is 49.6 Å². The largest absolute Gasteiger partial charge is 1.00 e. The highest BCUT2D eigenvalue weighted by molar-refractivity contribution is 8.03. The lowest BCUT2D eigenvalue weighted by atomic mass is 10.1. The first-order chi connectivity index (χ1) is 17.9. The number of rotatable bonds is 4. The molecule has 0 radical (unpaired) electrons. The maximum atomic E-state index is 2.56. The van der Waals surface area contributed by atoms with Crippen LogP contribution >= 0.6 is 47.0 Å². The molecule has 4 nitrogen and oxygen atoms in total. The van der Waals surface area contributed by atoms with Gasteiger partial charge in [0.25, 0.3) is 0 Å². The van der Waals surface area contributed by atoms with Crippen LogP contribution in [0.2, 0.25) is 0 Å². The first kappa shape index (κ1) is 43.7. The van der Waals surface area contributed by atoms with E-state index in [1.807, 2.05) is 0 Å². The van der Waals surface area contributed by atoms with Gasteiger partial charge in [0, 0.05) is 59.8 Å². The molecule has 238 valence electrons. The van der Waals surface area contributed by atoms with E-state index in [9.17, 15) is 0 Å². The zero-order chi connectivity index (χ0) is 24.9. The van der Waals surface area contributed by atoms with Crippen molar-refractivity contribution in [3.8, 4) is 0 Å². The lowest BCUT2D eigenvalue weighted by Crippen LogP contribution is -3.13. The Hall–Kier alpha value is 1.62. The first-order valence-electron chi connectivity index (χ1n) is 14.6. The van der Waals surface area contributed by atoms with Crippen LogP contribution in [0.1, 0.15) is 36.8 Å². The standard InChI is InChI=1S/C28H50N4S4.4ClH/c1-9-29-11-15-31(13-3-19-35-23-21-33-17-1)25-27-5-7-28(8-6-27)26-32-14-4-20-36-24-22-34-18-2-10-30-12-16-32;;;;/h5-8,29-30H,1-4,9-26H2;4*1H. The molecular weight excluding hydrogens is 662 g/mol. The maximum absolute atomic E-state index is 2.56. The van der Waals surface area contributed by atoms with Crippen LogP contribution in [0.15, 0.2) is 24.3 Å². The number of quaternary nitrogens is 4. The van der Waals surface area contributed by atoms with Crippen molar-refractivity contribution in [2.75, 3.05) is 98.4 Å². The second-order valence-corrected chi connectivity index (χ2v) is 15.2. The molecule has 40 heavy (non-hydrogen) atoms. The summed E-state index contributed by atoms with van der Waals surface area (Å²) in [6.45, 7) is 12.8. The van der Waals surface area contributed by atoms with Gasteiger partial charge in [-0.15, -0.1) is 0 Å². The van der Waals surface area contributed by atoms with Gasteiger partial charge >= 0.3 is 0 Å².